The lowest BCUT2D eigenvalue weighted by molar-refractivity contribution is 0.460. The Bertz CT molecular complexity index is 99.8. The lowest BCUT2D eigenvalue weighted by atomic mass is 10.0. The molecule has 0 amide bonds. The molecular weight excluding hydrogens is 148 g/mol. The molecule has 2 nitrogen and oxygen atoms in total. The minimum Gasteiger partial charge on any atom is -0.383 e. The van der Waals surface area contributed by atoms with Gasteiger partial charge < -0.3 is 4.18 Å². The van der Waals surface area contributed by atoms with Crippen LogP contribution in [-0.4, -0.2) is 11.7 Å². The average molecular weight is 159 g/mol. The molecule has 3 heteroatoms. The molecule has 0 unspecified atom stereocenters. The summed E-state index contributed by atoms with van der Waals surface area (Å²) < 4.78 is 4.48. The second-order valence-electron chi connectivity index (χ2n) is 2.52. The molecule has 1 rings (SSSR count). The van der Waals surface area contributed by atoms with E-state index in [2.05, 4.69) is 4.18 Å². The van der Waals surface area contributed by atoms with Crippen LogP contribution < -0.4 is 0 Å². The number of rotatable bonds is 3. The Morgan fingerprint density at radius 1 is 1.30 bits per heavy atom. The fourth-order valence-electron chi connectivity index (χ4n) is 1.25. The summed E-state index contributed by atoms with van der Waals surface area (Å²) in [6, 6.07) is 0. The van der Waals surface area contributed by atoms with Crippen LogP contribution in [0.3, 0.4) is 0 Å². The van der Waals surface area contributed by atoms with Gasteiger partial charge in [0.1, 0.15) is 0 Å². The van der Waals surface area contributed by atoms with Crippen molar-refractivity contribution in [3.63, 3.8) is 0 Å². The molecule has 0 aromatic rings. The maximum atomic E-state index is 9.68. The first-order chi connectivity index (χ1) is 4.93. The molecule has 0 saturated heterocycles. The Kier molecular flexibility index (Phi) is 3.65. The van der Waals surface area contributed by atoms with Crippen molar-refractivity contribution in [1.82, 2.24) is 0 Å². The van der Waals surface area contributed by atoms with Crippen LogP contribution >= 0.6 is 12.0 Å². The van der Waals surface area contributed by atoms with E-state index in [0.717, 1.165) is 0 Å². The average Bonchev–Trinajstić information content (AvgIpc) is 2.03. The van der Waals surface area contributed by atoms with Gasteiger partial charge in [-0.15, -0.1) is 0 Å². The zero-order valence-corrected chi connectivity index (χ0v) is 6.65. The first-order valence-electron chi connectivity index (χ1n) is 3.63. The predicted molar refractivity (Wildman–Crippen MR) is 41.2 cm³/mol. The minimum atomic E-state index is 0.537. The Morgan fingerprint density at radius 2 is 2.00 bits per heavy atom. The summed E-state index contributed by atoms with van der Waals surface area (Å²) in [5.74, 6) is 0. The van der Waals surface area contributed by atoms with Crippen molar-refractivity contribution in [1.29, 1.82) is 0 Å². The van der Waals surface area contributed by atoms with Crippen molar-refractivity contribution < 1.29 is 8.98 Å². The van der Waals surface area contributed by atoms with Gasteiger partial charge in [-0.25, -0.2) is 4.79 Å². The Hall–Kier alpha value is -0.180. The van der Waals surface area contributed by atoms with Gasteiger partial charge in [0.2, 0.25) is 0 Å². The van der Waals surface area contributed by atoms with Gasteiger partial charge in [0, 0.05) is 5.25 Å². The highest BCUT2D eigenvalue weighted by atomic mass is 32.2. The lowest BCUT2D eigenvalue weighted by Crippen LogP contribution is -2.07. The summed E-state index contributed by atoms with van der Waals surface area (Å²) in [6.45, 7) is 1.43. The summed E-state index contributed by atoms with van der Waals surface area (Å²) in [5, 5.41) is 0.537. The number of carbonyl (C=O) groups excluding carboxylic acids is 1. The van der Waals surface area contributed by atoms with Gasteiger partial charge in [0.05, 0.1) is 12.0 Å². The van der Waals surface area contributed by atoms with Gasteiger partial charge in [-0.2, -0.15) is 0 Å². The lowest BCUT2D eigenvalue weighted by Gasteiger charge is -2.17. The van der Waals surface area contributed by atoms with Crippen molar-refractivity contribution in [2.24, 2.45) is 0 Å². The van der Waals surface area contributed by atoms with Gasteiger partial charge in [-0.3, -0.25) is 0 Å². The van der Waals surface area contributed by atoms with E-state index >= 15 is 0 Å². The Labute approximate surface area is 65.5 Å². The predicted octanol–water partition coefficient (Wildman–Crippen LogP) is 2.05. The first kappa shape index (κ1) is 7.92. The fraction of sp³-hybridized carbons (Fsp3) is 0.857. The van der Waals surface area contributed by atoms with E-state index in [9.17, 15) is 4.79 Å². The number of hydrogen-bond acceptors (Lipinski definition) is 3. The Balaban J connectivity index is 2.07. The zero-order valence-electron chi connectivity index (χ0n) is 5.84. The van der Waals surface area contributed by atoms with Crippen molar-refractivity contribution in [2.75, 3.05) is 0 Å². The molecule has 0 aromatic carbocycles. The summed E-state index contributed by atoms with van der Waals surface area (Å²) >= 11 is 1.27. The van der Waals surface area contributed by atoms with Gasteiger partial charge in [-0.1, -0.05) is 19.3 Å². The van der Waals surface area contributed by atoms with Crippen LogP contribution in [0.25, 0.3) is 0 Å². The van der Waals surface area contributed by atoms with E-state index in [1.807, 2.05) is 0 Å². The Morgan fingerprint density at radius 3 is 2.60 bits per heavy atom. The summed E-state index contributed by atoms with van der Waals surface area (Å²) in [7, 11) is 0. The fourth-order valence-corrected chi connectivity index (χ4v) is 1.95. The smallest absolute Gasteiger partial charge is 0.383 e. The maximum Gasteiger partial charge on any atom is 0.430 e. The summed E-state index contributed by atoms with van der Waals surface area (Å²) in [6.07, 6.45) is 6.26. The molecule has 0 N–H and O–H groups in total. The molecule has 1 saturated carbocycles. The third-order valence-corrected chi connectivity index (χ3v) is 2.68. The summed E-state index contributed by atoms with van der Waals surface area (Å²) in [5.41, 5.74) is 0. The highest BCUT2D eigenvalue weighted by molar-refractivity contribution is 7.95. The van der Waals surface area contributed by atoms with Crippen molar-refractivity contribution in [2.45, 2.75) is 37.4 Å². The molecular formula is C7H11O2S. The normalized spacial score (nSPS) is 20.4. The van der Waals surface area contributed by atoms with E-state index in [0.29, 0.717) is 5.25 Å². The van der Waals surface area contributed by atoms with Crippen LogP contribution in [0.4, 0.5) is 0 Å². The van der Waals surface area contributed by atoms with E-state index in [4.69, 9.17) is 0 Å². The summed E-state index contributed by atoms with van der Waals surface area (Å²) in [4.78, 5) is 9.68. The molecule has 1 radical (unpaired) electrons. The molecule has 0 heterocycles. The molecule has 0 spiro atoms. The first-order valence-corrected chi connectivity index (χ1v) is 4.43. The van der Waals surface area contributed by atoms with Gasteiger partial charge in [-0.05, 0) is 12.8 Å². The second kappa shape index (κ2) is 4.61. The molecule has 0 bridgehead atoms. The minimum absolute atomic E-state index is 0.537. The zero-order chi connectivity index (χ0) is 7.23. The van der Waals surface area contributed by atoms with Crippen molar-refractivity contribution in [3.8, 4) is 0 Å². The van der Waals surface area contributed by atoms with Crippen molar-refractivity contribution in [3.05, 3.63) is 0 Å². The molecule has 0 aromatic heterocycles. The van der Waals surface area contributed by atoms with Crippen molar-refractivity contribution >= 4 is 18.5 Å². The third-order valence-electron chi connectivity index (χ3n) is 1.77. The molecule has 0 aliphatic heterocycles. The molecule has 10 heavy (non-hydrogen) atoms. The third kappa shape index (κ3) is 2.60. The molecule has 1 aliphatic carbocycles. The monoisotopic (exact) mass is 159 g/mol. The largest absolute Gasteiger partial charge is 0.430 e. The van der Waals surface area contributed by atoms with Gasteiger partial charge >= 0.3 is 6.47 Å². The second-order valence-corrected chi connectivity index (χ2v) is 3.55. The maximum absolute atomic E-state index is 9.68. The van der Waals surface area contributed by atoms with E-state index < -0.39 is 0 Å². The molecule has 1 aliphatic rings. The van der Waals surface area contributed by atoms with E-state index in [1.54, 1.807) is 0 Å². The molecule has 0 atom stereocenters. The number of hydrogen-bond donors (Lipinski definition) is 0. The topological polar surface area (TPSA) is 26.3 Å². The van der Waals surface area contributed by atoms with Crippen LogP contribution in [0.2, 0.25) is 0 Å². The van der Waals surface area contributed by atoms with Crippen LogP contribution in [0.5, 0.6) is 0 Å². The van der Waals surface area contributed by atoms with Gasteiger partial charge in [0.25, 0.3) is 0 Å². The van der Waals surface area contributed by atoms with E-state index in [1.165, 1.54) is 50.6 Å². The van der Waals surface area contributed by atoms with Crippen LogP contribution in [0.15, 0.2) is 0 Å². The highest BCUT2D eigenvalue weighted by Crippen LogP contribution is 2.27. The standard InChI is InChI=1S/C7H11O2S/c8-6-9-10-7-4-2-1-3-5-7/h7H,1-5H2. The molecule has 57 valence electrons. The van der Waals surface area contributed by atoms with Crippen LogP contribution in [0.1, 0.15) is 32.1 Å². The van der Waals surface area contributed by atoms with Crippen LogP contribution in [-0.2, 0) is 8.98 Å². The van der Waals surface area contributed by atoms with Crippen LogP contribution in [0, 0.1) is 0 Å². The highest BCUT2D eigenvalue weighted by Gasteiger charge is 2.14. The van der Waals surface area contributed by atoms with E-state index in [-0.39, 0.29) is 0 Å². The SMILES string of the molecule is O=[C]OSC1CCCCC1. The van der Waals surface area contributed by atoms with Gasteiger partial charge in [0.15, 0.2) is 0 Å². The molecule has 1 fully saturated rings. The quantitative estimate of drug-likeness (QED) is 0.589.